The number of carbonyl (C=O) groups is 2. The smallest absolute Gasteiger partial charge is 0.410 e. The summed E-state index contributed by atoms with van der Waals surface area (Å²) in [5, 5.41) is 18.5. The van der Waals surface area contributed by atoms with Crippen LogP contribution in [0, 0.1) is 23.2 Å². The topological polar surface area (TPSA) is 112 Å². The highest BCUT2D eigenvalue weighted by Crippen LogP contribution is 2.22. The Morgan fingerprint density at radius 3 is 2.45 bits per heavy atom. The highest BCUT2D eigenvalue weighted by molar-refractivity contribution is 5.85. The number of hydrogen-bond acceptors (Lipinski definition) is 6. The average molecular weight is 399 g/mol. The summed E-state index contributed by atoms with van der Waals surface area (Å²) in [6.45, 7) is 9.33. The summed E-state index contributed by atoms with van der Waals surface area (Å²) < 4.78 is 7.08. The largest absolute Gasteiger partial charge is 0.478 e. The molecule has 9 heteroatoms. The quantitative estimate of drug-likeness (QED) is 0.608. The molecule has 0 aromatic carbocycles. The third-order valence-corrected chi connectivity index (χ3v) is 4.09. The number of carbonyl (C=O) groups excluding carboxylic acids is 1. The van der Waals surface area contributed by atoms with Crippen LogP contribution >= 0.6 is 0 Å². The molecule has 29 heavy (non-hydrogen) atoms. The maximum atomic E-state index is 12.3. The number of nitrogens with zero attached hydrogens (tertiary/aromatic N) is 5. The lowest BCUT2D eigenvalue weighted by Gasteiger charge is -2.36. The van der Waals surface area contributed by atoms with E-state index >= 15 is 0 Å². The number of aliphatic carboxylic acids is 1. The first-order valence-electron chi connectivity index (χ1n) is 9.20. The molecule has 1 amide bonds. The first-order chi connectivity index (χ1) is 13.7. The van der Waals surface area contributed by atoms with E-state index in [0.29, 0.717) is 32.1 Å². The van der Waals surface area contributed by atoms with Crippen molar-refractivity contribution in [1.29, 1.82) is 5.26 Å². The molecule has 2 rings (SSSR count). The van der Waals surface area contributed by atoms with Gasteiger partial charge in [0.25, 0.3) is 0 Å². The molecule has 1 aromatic heterocycles. The van der Waals surface area contributed by atoms with Crippen molar-refractivity contribution < 1.29 is 19.4 Å². The van der Waals surface area contributed by atoms with Gasteiger partial charge in [0.2, 0.25) is 5.95 Å². The second-order valence-corrected chi connectivity index (χ2v) is 7.40. The molecular formula is C20H25N5O4. The number of aromatic nitrogens is 2. The van der Waals surface area contributed by atoms with Crippen molar-refractivity contribution in [2.45, 2.75) is 39.8 Å². The van der Waals surface area contributed by atoms with Crippen molar-refractivity contribution in [2.75, 3.05) is 31.1 Å². The van der Waals surface area contributed by atoms with Crippen LogP contribution in [0.3, 0.4) is 0 Å². The van der Waals surface area contributed by atoms with Crippen molar-refractivity contribution in [3.8, 4) is 17.9 Å². The van der Waals surface area contributed by atoms with E-state index in [4.69, 9.17) is 9.84 Å². The molecule has 0 bridgehead atoms. The molecule has 0 unspecified atom stereocenters. The van der Waals surface area contributed by atoms with E-state index in [-0.39, 0.29) is 24.0 Å². The first kappa shape index (κ1) is 21.8. The molecule has 1 fully saturated rings. The molecule has 1 aromatic rings. The summed E-state index contributed by atoms with van der Waals surface area (Å²) in [4.78, 5) is 31.2. The summed E-state index contributed by atoms with van der Waals surface area (Å²) in [5.74, 6) is 5.12. The molecule has 9 nitrogen and oxygen atoms in total. The van der Waals surface area contributed by atoms with Gasteiger partial charge in [0.1, 0.15) is 23.1 Å². The normalized spacial score (nSPS) is 14.3. The number of carboxylic acid groups (broad SMARTS) is 1. The van der Waals surface area contributed by atoms with E-state index in [1.54, 1.807) is 16.4 Å². The van der Waals surface area contributed by atoms with Crippen LogP contribution in [0.5, 0.6) is 0 Å². The molecule has 1 N–H and O–H groups in total. The van der Waals surface area contributed by atoms with Crippen LogP contribution in [0.2, 0.25) is 0 Å². The maximum absolute atomic E-state index is 12.3. The van der Waals surface area contributed by atoms with E-state index in [2.05, 4.69) is 22.9 Å². The van der Waals surface area contributed by atoms with Gasteiger partial charge in [0.15, 0.2) is 0 Å². The molecular weight excluding hydrogens is 374 g/mol. The Hall–Kier alpha value is -3.46. The number of hydrogen-bond donors (Lipinski definition) is 1. The van der Waals surface area contributed by atoms with Crippen molar-refractivity contribution in [3.05, 3.63) is 17.5 Å². The predicted molar refractivity (Wildman–Crippen MR) is 107 cm³/mol. The minimum absolute atomic E-state index is 0.245. The van der Waals surface area contributed by atoms with Gasteiger partial charge in [-0.2, -0.15) is 5.26 Å². The van der Waals surface area contributed by atoms with Gasteiger partial charge in [-0.05, 0) is 33.8 Å². The standard InChI is InChI=1S/C20H25N5O4/c1-5-6-9-25-16(14-21)15(7-8-17(26)27)22-18(25)23-10-12-24(13-11-23)19(28)29-20(2,3)4/h7-8H,9-13H2,1-4H3,(H,26,27)/b8-7+. The Morgan fingerprint density at radius 1 is 1.28 bits per heavy atom. The zero-order valence-electron chi connectivity index (χ0n) is 17.1. The molecule has 1 saturated heterocycles. The molecule has 1 aliphatic rings. The minimum Gasteiger partial charge on any atom is -0.478 e. The van der Waals surface area contributed by atoms with Crippen LogP contribution in [0.15, 0.2) is 6.08 Å². The molecule has 0 saturated carbocycles. The summed E-state index contributed by atoms with van der Waals surface area (Å²) >= 11 is 0. The Bertz CT molecular complexity index is 900. The Morgan fingerprint density at radius 2 is 1.93 bits per heavy atom. The fourth-order valence-electron chi connectivity index (χ4n) is 2.81. The lowest BCUT2D eigenvalue weighted by atomic mass is 10.2. The SMILES string of the molecule is CC#CCn1c(N2CCN(C(=O)OC(C)(C)C)CC2)nc(/C=C/C(=O)O)c1C#N. The van der Waals surface area contributed by atoms with Crippen LogP contribution in [-0.2, 0) is 16.1 Å². The van der Waals surface area contributed by atoms with E-state index in [1.807, 2.05) is 25.7 Å². The number of piperazine rings is 1. The van der Waals surface area contributed by atoms with Crippen molar-refractivity contribution in [2.24, 2.45) is 0 Å². The lowest BCUT2D eigenvalue weighted by Crippen LogP contribution is -2.50. The number of imidazole rings is 1. The molecule has 0 spiro atoms. The van der Waals surface area contributed by atoms with Gasteiger partial charge >= 0.3 is 12.1 Å². The highest BCUT2D eigenvalue weighted by atomic mass is 16.6. The molecule has 0 atom stereocenters. The Labute approximate surface area is 170 Å². The number of amides is 1. The first-order valence-corrected chi connectivity index (χ1v) is 9.20. The van der Waals surface area contributed by atoms with E-state index in [9.17, 15) is 14.9 Å². The summed E-state index contributed by atoms with van der Waals surface area (Å²) in [7, 11) is 0. The van der Waals surface area contributed by atoms with E-state index < -0.39 is 11.6 Å². The van der Waals surface area contributed by atoms with E-state index in [0.717, 1.165) is 6.08 Å². The predicted octanol–water partition coefficient (Wildman–Crippen LogP) is 1.93. The third kappa shape index (κ3) is 5.76. The number of nitriles is 1. The molecule has 154 valence electrons. The average Bonchev–Trinajstić information content (AvgIpc) is 3.00. The summed E-state index contributed by atoms with van der Waals surface area (Å²) in [6, 6.07) is 2.09. The van der Waals surface area contributed by atoms with Crippen molar-refractivity contribution in [3.63, 3.8) is 0 Å². The Kier molecular flexibility index (Phi) is 6.89. The highest BCUT2D eigenvalue weighted by Gasteiger charge is 2.28. The Balaban J connectivity index is 2.25. The van der Waals surface area contributed by atoms with Crippen LogP contribution in [-0.4, -0.2) is 63.4 Å². The van der Waals surface area contributed by atoms with Gasteiger partial charge in [0.05, 0.1) is 6.54 Å². The molecule has 0 radical (unpaired) electrons. The second-order valence-electron chi connectivity index (χ2n) is 7.40. The molecule has 0 aliphatic carbocycles. The zero-order chi connectivity index (χ0) is 21.6. The number of rotatable bonds is 4. The monoisotopic (exact) mass is 399 g/mol. The maximum Gasteiger partial charge on any atom is 0.410 e. The number of anilines is 1. The van der Waals surface area contributed by atoms with Gasteiger partial charge in [-0.1, -0.05) is 5.92 Å². The van der Waals surface area contributed by atoms with Crippen molar-refractivity contribution in [1.82, 2.24) is 14.5 Å². The van der Waals surface area contributed by atoms with Gasteiger partial charge in [0, 0.05) is 32.3 Å². The molecule has 2 heterocycles. The van der Waals surface area contributed by atoms with Crippen LogP contribution < -0.4 is 4.90 Å². The van der Waals surface area contributed by atoms with Gasteiger partial charge in [-0.3, -0.25) is 4.57 Å². The zero-order valence-corrected chi connectivity index (χ0v) is 17.1. The second kappa shape index (κ2) is 9.16. The van der Waals surface area contributed by atoms with Crippen LogP contribution in [0.25, 0.3) is 6.08 Å². The molecule has 1 aliphatic heterocycles. The fraction of sp³-hybridized carbons (Fsp3) is 0.500. The summed E-state index contributed by atoms with van der Waals surface area (Å²) in [6.07, 6.45) is 1.89. The third-order valence-electron chi connectivity index (χ3n) is 4.09. The summed E-state index contributed by atoms with van der Waals surface area (Å²) in [5.41, 5.74) is -0.0386. The number of carboxylic acids is 1. The van der Waals surface area contributed by atoms with Crippen LogP contribution in [0.1, 0.15) is 39.1 Å². The van der Waals surface area contributed by atoms with Gasteiger partial charge in [-0.25, -0.2) is 14.6 Å². The lowest BCUT2D eigenvalue weighted by molar-refractivity contribution is -0.131. The van der Waals surface area contributed by atoms with Crippen molar-refractivity contribution >= 4 is 24.1 Å². The van der Waals surface area contributed by atoms with Crippen LogP contribution in [0.4, 0.5) is 10.7 Å². The fourth-order valence-corrected chi connectivity index (χ4v) is 2.81. The van der Waals surface area contributed by atoms with E-state index in [1.165, 1.54) is 6.08 Å². The van der Waals surface area contributed by atoms with Gasteiger partial charge in [-0.15, -0.1) is 5.92 Å². The minimum atomic E-state index is -1.12. The number of ether oxygens (including phenoxy) is 1. The van der Waals surface area contributed by atoms with Gasteiger partial charge < -0.3 is 19.6 Å².